The predicted octanol–water partition coefficient (Wildman–Crippen LogP) is 8.89. The lowest BCUT2D eigenvalue weighted by molar-refractivity contribution is -0.121. The Labute approximate surface area is 372 Å². The molecule has 1 unspecified atom stereocenters. The molecule has 2 aliphatic rings. The zero-order chi connectivity index (χ0) is 43.2. The van der Waals surface area contributed by atoms with Gasteiger partial charge >= 0.3 is 0 Å². The molecule has 0 radical (unpaired) electrons. The number of aromatic nitrogens is 5. The van der Waals surface area contributed by atoms with Gasteiger partial charge in [0.1, 0.15) is 34.0 Å². The summed E-state index contributed by atoms with van der Waals surface area (Å²) >= 11 is 14.9. The Kier molecular flexibility index (Phi) is 11.6. The average molecular weight is 892 g/mol. The molecule has 12 nitrogen and oxygen atoms in total. The van der Waals surface area contributed by atoms with Crippen LogP contribution < -0.4 is 20.4 Å². The number of nitrogens with zero attached hydrogens (tertiary/aromatic N) is 8. The standard InChI is InChI=1S/C46H45Cl2FN10O2S/c1-25-26(2)62-45-38(25)41(28-11-13-30(47)14-12-28)52-36(44-56-55-27(3)59(44)45)24-37(61)51-15-7-8-18-57(4)46-53-42-34(43(54-46)58-19-16-50-17-20-58)23-35(48)39(40(42)49)33-22-31(60)21-29-9-5-6-10-32(29)33/h5-6,9-14,21-23,36,50,60H,7-8,15-20,24H2,1-4H3,(H,51,61). The molecule has 5 heterocycles. The molecule has 62 heavy (non-hydrogen) atoms. The van der Waals surface area contributed by atoms with Crippen LogP contribution in [0.1, 0.15) is 58.5 Å². The van der Waals surface area contributed by atoms with Crippen molar-refractivity contribution in [2.45, 2.75) is 46.1 Å². The van der Waals surface area contributed by atoms with E-state index in [1.54, 1.807) is 29.5 Å². The van der Waals surface area contributed by atoms with Gasteiger partial charge in [0.15, 0.2) is 11.6 Å². The highest BCUT2D eigenvalue weighted by molar-refractivity contribution is 7.15. The van der Waals surface area contributed by atoms with E-state index in [2.05, 4.69) is 39.6 Å². The molecular formula is C46H45Cl2FN10O2S. The van der Waals surface area contributed by atoms with Crippen molar-refractivity contribution in [3.63, 3.8) is 0 Å². The third kappa shape index (κ3) is 7.85. The molecule has 0 saturated carbocycles. The molecule has 1 saturated heterocycles. The van der Waals surface area contributed by atoms with Crippen LogP contribution in [0.3, 0.4) is 0 Å². The Morgan fingerprint density at radius 2 is 1.76 bits per heavy atom. The van der Waals surface area contributed by atoms with Gasteiger partial charge in [0.05, 0.1) is 17.2 Å². The number of thiophene rings is 1. The number of fused-ring (bicyclic) bond motifs is 5. The number of amides is 1. The van der Waals surface area contributed by atoms with Crippen LogP contribution in [0.2, 0.25) is 10.0 Å². The lowest BCUT2D eigenvalue weighted by atomic mass is 9.96. The summed E-state index contributed by atoms with van der Waals surface area (Å²) in [5.41, 5.74) is 4.66. The number of aryl methyl sites for hydroxylation is 2. The lowest BCUT2D eigenvalue weighted by Gasteiger charge is -2.30. The Bertz CT molecular complexity index is 2890. The monoisotopic (exact) mass is 890 g/mol. The van der Waals surface area contributed by atoms with E-state index in [0.717, 1.165) is 57.1 Å². The quantitative estimate of drug-likeness (QED) is 0.109. The maximum Gasteiger partial charge on any atom is 0.227 e. The fraction of sp³-hybridized carbons (Fsp3) is 0.304. The second-order valence-electron chi connectivity index (χ2n) is 15.8. The third-order valence-corrected chi connectivity index (χ3v) is 13.4. The SMILES string of the molecule is Cc1sc2c(c1C)C(c1ccc(Cl)cc1)=NC(CC(=O)NCCCCN(C)c1nc(N3CCNCC3)c3cc(Cl)c(-c4cc(O)cc5ccccc45)c(F)c3n1)c1nnc(C)n1-2. The van der Waals surface area contributed by atoms with Crippen molar-refractivity contribution < 1.29 is 14.3 Å². The van der Waals surface area contributed by atoms with E-state index in [4.69, 9.17) is 38.2 Å². The van der Waals surface area contributed by atoms with Crippen molar-refractivity contribution >= 4 is 79.6 Å². The second kappa shape index (κ2) is 17.2. The molecule has 1 atom stereocenters. The number of unbranched alkanes of at least 4 members (excludes halogenated alkanes) is 1. The number of phenolic OH excluding ortho intramolecular Hbond substituents is 1. The van der Waals surface area contributed by atoms with Gasteiger partial charge in [-0.3, -0.25) is 14.4 Å². The Balaban J connectivity index is 0.925. The zero-order valence-electron chi connectivity index (χ0n) is 34.8. The molecule has 2 aliphatic heterocycles. The molecule has 3 N–H and O–H groups in total. The normalized spacial score (nSPS) is 15.0. The van der Waals surface area contributed by atoms with Gasteiger partial charge in [-0.1, -0.05) is 59.6 Å². The van der Waals surface area contributed by atoms with Crippen molar-refractivity contribution in [2.75, 3.05) is 56.1 Å². The minimum Gasteiger partial charge on any atom is -0.508 e. The molecule has 0 aliphatic carbocycles. The minimum atomic E-state index is -0.577. The van der Waals surface area contributed by atoms with Crippen LogP contribution in [0.15, 0.2) is 71.7 Å². The summed E-state index contributed by atoms with van der Waals surface area (Å²) in [7, 11) is 1.89. The van der Waals surface area contributed by atoms with Gasteiger partial charge in [-0.2, -0.15) is 4.98 Å². The molecule has 16 heteroatoms. The molecule has 0 bridgehead atoms. The van der Waals surface area contributed by atoms with Crippen LogP contribution >= 0.6 is 34.5 Å². The Hall–Kier alpha value is -5.67. The molecule has 4 aromatic carbocycles. The van der Waals surface area contributed by atoms with Crippen molar-refractivity contribution in [3.8, 4) is 21.9 Å². The van der Waals surface area contributed by atoms with Crippen molar-refractivity contribution in [1.29, 1.82) is 0 Å². The van der Waals surface area contributed by atoms with Crippen LogP contribution in [-0.2, 0) is 4.79 Å². The zero-order valence-corrected chi connectivity index (χ0v) is 37.1. The average Bonchev–Trinajstić information content (AvgIpc) is 3.75. The van der Waals surface area contributed by atoms with Gasteiger partial charge in [0.2, 0.25) is 11.9 Å². The molecule has 1 fully saturated rings. The number of phenols is 1. The van der Waals surface area contributed by atoms with E-state index in [-0.39, 0.29) is 34.2 Å². The van der Waals surface area contributed by atoms with Gasteiger partial charge in [0.25, 0.3) is 0 Å². The molecule has 1 amide bonds. The first-order valence-electron chi connectivity index (χ1n) is 20.7. The number of benzene rings is 4. The van der Waals surface area contributed by atoms with Gasteiger partial charge in [-0.25, -0.2) is 9.37 Å². The van der Waals surface area contributed by atoms with E-state index >= 15 is 4.39 Å². The van der Waals surface area contributed by atoms with Gasteiger partial charge in [-0.05, 0) is 85.8 Å². The predicted molar refractivity (Wildman–Crippen MR) is 248 cm³/mol. The highest BCUT2D eigenvalue weighted by Gasteiger charge is 2.33. The van der Waals surface area contributed by atoms with Crippen LogP contribution in [0.4, 0.5) is 16.2 Å². The number of piperazine rings is 1. The fourth-order valence-electron chi connectivity index (χ4n) is 8.39. The Morgan fingerprint density at radius 1 is 0.984 bits per heavy atom. The van der Waals surface area contributed by atoms with Crippen LogP contribution in [0.25, 0.3) is 37.8 Å². The number of rotatable bonds is 11. The molecule has 7 aromatic rings. The molecule has 318 valence electrons. The summed E-state index contributed by atoms with van der Waals surface area (Å²) in [6, 6.07) is 19.5. The third-order valence-electron chi connectivity index (χ3n) is 11.7. The van der Waals surface area contributed by atoms with Crippen LogP contribution in [0, 0.1) is 26.6 Å². The summed E-state index contributed by atoms with van der Waals surface area (Å²) in [6.45, 7) is 10.0. The first kappa shape index (κ1) is 41.7. The number of aromatic hydroxyl groups is 1. The number of anilines is 2. The summed E-state index contributed by atoms with van der Waals surface area (Å²) < 4.78 is 19.0. The van der Waals surface area contributed by atoms with Crippen LogP contribution in [0.5, 0.6) is 5.75 Å². The van der Waals surface area contributed by atoms with Crippen molar-refractivity contribution in [3.05, 3.63) is 116 Å². The largest absolute Gasteiger partial charge is 0.508 e. The number of hydrogen-bond donors (Lipinski definition) is 3. The van der Waals surface area contributed by atoms with E-state index in [1.807, 2.05) is 72.0 Å². The molecule has 9 rings (SSSR count). The highest BCUT2D eigenvalue weighted by atomic mass is 35.5. The summed E-state index contributed by atoms with van der Waals surface area (Å²) in [6.07, 6.45) is 1.49. The van der Waals surface area contributed by atoms with Crippen LogP contribution in [-0.4, -0.2) is 87.8 Å². The number of carbonyl (C=O) groups is 1. The maximum absolute atomic E-state index is 17.0. The fourth-order valence-corrected chi connectivity index (χ4v) is 10.0. The van der Waals surface area contributed by atoms with E-state index in [0.29, 0.717) is 72.6 Å². The van der Waals surface area contributed by atoms with Gasteiger partial charge in [0, 0.05) is 78.3 Å². The van der Waals surface area contributed by atoms with E-state index in [1.165, 1.54) is 4.88 Å². The number of carbonyl (C=O) groups excluding carboxylic acids is 1. The van der Waals surface area contributed by atoms with Gasteiger partial charge in [-0.15, -0.1) is 21.5 Å². The van der Waals surface area contributed by atoms with E-state index < -0.39 is 11.9 Å². The van der Waals surface area contributed by atoms with Gasteiger partial charge < -0.3 is 25.5 Å². The highest BCUT2D eigenvalue weighted by Crippen LogP contribution is 2.43. The maximum atomic E-state index is 17.0. The summed E-state index contributed by atoms with van der Waals surface area (Å²) in [5.74, 6) is 1.65. The van der Waals surface area contributed by atoms with Crippen molar-refractivity contribution in [1.82, 2.24) is 35.4 Å². The summed E-state index contributed by atoms with van der Waals surface area (Å²) in [4.78, 5) is 33.9. The molecular weight excluding hydrogens is 847 g/mol. The Morgan fingerprint density at radius 3 is 2.55 bits per heavy atom. The number of nitrogens with one attached hydrogen (secondary N) is 2. The minimum absolute atomic E-state index is 0.0121. The lowest BCUT2D eigenvalue weighted by Crippen LogP contribution is -2.44. The molecule has 0 spiro atoms. The molecule has 3 aromatic heterocycles. The number of aliphatic imine (C=N–C) groups is 1. The topological polar surface area (TPSA) is 137 Å². The smallest absolute Gasteiger partial charge is 0.227 e. The second-order valence-corrected chi connectivity index (χ2v) is 17.9. The van der Waals surface area contributed by atoms with E-state index in [9.17, 15) is 9.90 Å². The first-order chi connectivity index (χ1) is 30.0. The first-order valence-corrected chi connectivity index (χ1v) is 22.3. The van der Waals surface area contributed by atoms with Crippen molar-refractivity contribution in [2.24, 2.45) is 4.99 Å². The summed E-state index contributed by atoms with van der Waals surface area (Å²) in [5, 5.41) is 29.9. The number of hydrogen-bond acceptors (Lipinski definition) is 11. The number of halogens is 3.